The van der Waals surface area contributed by atoms with E-state index in [1.54, 1.807) is 0 Å². The number of rotatable bonds is 4. The fraction of sp³-hybridized carbons (Fsp3) is 0.0244. The summed E-state index contributed by atoms with van der Waals surface area (Å²) in [5, 5.41) is 4.68. The third-order valence-corrected chi connectivity index (χ3v) is 8.69. The standard InChI is InChI=1S/C41H28N4O/c1-3-13-27(14-4-1)34-26-35(44-40(43-34)28-15-5-2-6-16-28)29-17-11-18-30(25-29)45-39-32-20-8-10-23-37(32)46-36-22-9-7-19-31(36)38(39)33-21-12-24-42-41(33)45/h1-26,35H,(H,43,44). The van der Waals surface area contributed by atoms with Gasteiger partial charge in [0.25, 0.3) is 0 Å². The molecule has 0 aliphatic carbocycles. The minimum Gasteiger partial charge on any atom is -0.456 e. The molecule has 5 aromatic carbocycles. The number of nitrogens with one attached hydrogen (secondary N) is 1. The number of pyridine rings is 1. The molecule has 5 nitrogen and oxygen atoms in total. The van der Waals surface area contributed by atoms with Gasteiger partial charge in [-0.25, -0.2) is 4.98 Å². The van der Waals surface area contributed by atoms with Crippen LogP contribution in [-0.4, -0.2) is 15.4 Å². The molecule has 5 heteroatoms. The van der Waals surface area contributed by atoms with Crippen molar-refractivity contribution in [2.45, 2.75) is 6.04 Å². The molecule has 1 atom stereocenters. The van der Waals surface area contributed by atoms with Crippen molar-refractivity contribution in [3.05, 3.63) is 175 Å². The zero-order chi connectivity index (χ0) is 30.5. The van der Waals surface area contributed by atoms with Crippen LogP contribution in [0.3, 0.4) is 0 Å². The summed E-state index contributed by atoms with van der Waals surface area (Å²) in [6.07, 6.45) is 4.08. The summed E-state index contributed by atoms with van der Waals surface area (Å²) in [7, 11) is 0. The Morgan fingerprint density at radius 1 is 0.630 bits per heavy atom. The van der Waals surface area contributed by atoms with Crippen LogP contribution < -0.4 is 10.1 Å². The summed E-state index contributed by atoms with van der Waals surface area (Å²) in [6, 6.07) is 49.9. The molecule has 2 aliphatic rings. The molecule has 0 bridgehead atoms. The van der Waals surface area contributed by atoms with Gasteiger partial charge in [0.2, 0.25) is 0 Å². The van der Waals surface area contributed by atoms with Gasteiger partial charge in [0.1, 0.15) is 23.0 Å². The summed E-state index contributed by atoms with van der Waals surface area (Å²) < 4.78 is 8.82. The van der Waals surface area contributed by atoms with Crippen molar-refractivity contribution in [3.63, 3.8) is 0 Å². The van der Waals surface area contributed by atoms with Crippen molar-refractivity contribution >= 4 is 22.6 Å². The Bertz CT molecular complexity index is 2260. The third kappa shape index (κ3) is 4.32. The zero-order valence-corrected chi connectivity index (χ0v) is 24.8. The van der Waals surface area contributed by atoms with Crippen LogP contribution in [-0.2, 0) is 0 Å². The van der Waals surface area contributed by atoms with Crippen molar-refractivity contribution in [2.75, 3.05) is 0 Å². The van der Waals surface area contributed by atoms with Gasteiger partial charge in [0, 0.05) is 45.2 Å². The normalized spacial score (nSPS) is 14.9. The lowest BCUT2D eigenvalue weighted by molar-refractivity contribution is 0.487. The highest BCUT2D eigenvalue weighted by Gasteiger charge is 2.29. The summed E-state index contributed by atoms with van der Waals surface area (Å²) in [5.41, 5.74) is 10.5. The van der Waals surface area contributed by atoms with Gasteiger partial charge in [-0.3, -0.25) is 9.56 Å². The van der Waals surface area contributed by atoms with E-state index >= 15 is 0 Å². The maximum Gasteiger partial charge on any atom is 0.145 e. The Morgan fingerprint density at radius 2 is 1.33 bits per heavy atom. The number of para-hydroxylation sites is 2. The van der Waals surface area contributed by atoms with Crippen LogP contribution in [0.4, 0.5) is 0 Å². The molecule has 7 aromatic rings. The van der Waals surface area contributed by atoms with Crippen LogP contribution in [0.15, 0.2) is 163 Å². The van der Waals surface area contributed by atoms with Crippen LogP contribution in [0.1, 0.15) is 22.7 Å². The lowest BCUT2D eigenvalue weighted by Crippen LogP contribution is -2.27. The van der Waals surface area contributed by atoms with Crippen LogP contribution in [0, 0.1) is 0 Å². The van der Waals surface area contributed by atoms with Gasteiger partial charge in [0.05, 0.1) is 11.7 Å². The molecule has 4 heterocycles. The average Bonchev–Trinajstić information content (AvgIpc) is 3.40. The highest BCUT2D eigenvalue weighted by molar-refractivity contribution is 6.07. The van der Waals surface area contributed by atoms with Gasteiger partial charge in [0.15, 0.2) is 0 Å². The van der Waals surface area contributed by atoms with Gasteiger partial charge in [-0.1, -0.05) is 103 Å². The quantitative estimate of drug-likeness (QED) is 0.221. The number of fused-ring (bicyclic) bond motifs is 7. The Hall–Kier alpha value is -6.20. The largest absolute Gasteiger partial charge is 0.456 e. The number of amidine groups is 1. The smallest absolute Gasteiger partial charge is 0.145 e. The highest BCUT2D eigenvalue weighted by Crippen LogP contribution is 2.51. The van der Waals surface area contributed by atoms with Gasteiger partial charge >= 0.3 is 0 Å². The van der Waals surface area contributed by atoms with E-state index < -0.39 is 0 Å². The molecule has 1 unspecified atom stereocenters. The molecule has 2 aromatic heterocycles. The number of aliphatic imine (C=N–C) groups is 1. The van der Waals surface area contributed by atoms with Gasteiger partial charge < -0.3 is 10.1 Å². The lowest BCUT2D eigenvalue weighted by atomic mass is 9.98. The van der Waals surface area contributed by atoms with Crippen LogP contribution in [0.2, 0.25) is 0 Å². The maximum absolute atomic E-state index is 6.54. The number of aromatic nitrogens is 2. The SMILES string of the molecule is C1=C(c2ccccc2)NC(c2ccccc2)=NC1c1cccc(-n2c3c(c4cccnc42)-c2ccccc2Oc2ccccc2-3)c1. The van der Waals surface area contributed by atoms with E-state index in [2.05, 4.69) is 107 Å². The first-order chi connectivity index (χ1) is 22.8. The molecular formula is C41H28N4O. The van der Waals surface area contributed by atoms with E-state index in [1.807, 2.05) is 60.8 Å². The molecule has 0 radical (unpaired) electrons. The molecule has 0 spiro atoms. The predicted octanol–water partition coefficient (Wildman–Crippen LogP) is 9.60. The van der Waals surface area contributed by atoms with Crippen molar-refractivity contribution in [2.24, 2.45) is 4.99 Å². The predicted molar refractivity (Wildman–Crippen MR) is 185 cm³/mol. The van der Waals surface area contributed by atoms with E-state index in [9.17, 15) is 0 Å². The number of nitrogens with zero attached hydrogens (tertiary/aromatic N) is 3. The molecule has 2 aliphatic heterocycles. The molecule has 0 saturated carbocycles. The topological polar surface area (TPSA) is 51.4 Å². The minimum atomic E-state index is -0.198. The third-order valence-electron chi connectivity index (χ3n) is 8.69. The number of hydrogen-bond acceptors (Lipinski definition) is 4. The van der Waals surface area contributed by atoms with Crippen LogP contribution >= 0.6 is 0 Å². The molecule has 0 amide bonds. The Morgan fingerprint density at radius 3 is 2.13 bits per heavy atom. The fourth-order valence-corrected chi connectivity index (χ4v) is 6.61. The first-order valence-corrected chi connectivity index (χ1v) is 15.5. The molecule has 46 heavy (non-hydrogen) atoms. The number of ether oxygens (including phenoxy) is 1. The van der Waals surface area contributed by atoms with E-state index in [0.29, 0.717) is 0 Å². The first-order valence-electron chi connectivity index (χ1n) is 15.5. The summed E-state index contributed by atoms with van der Waals surface area (Å²) in [4.78, 5) is 10.2. The van der Waals surface area contributed by atoms with Crippen molar-refractivity contribution in [1.29, 1.82) is 0 Å². The highest BCUT2D eigenvalue weighted by atomic mass is 16.5. The van der Waals surface area contributed by atoms with Gasteiger partial charge in [-0.05, 0) is 59.7 Å². The summed E-state index contributed by atoms with van der Waals surface area (Å²) >= 11 is 0. The number of hydrogen-bond donors (Lipinski definition) is 1. The Balaban J connectivity index is 1.27. The van der Waals surface area contributed by atoms with Crippen molar-refractivity contribution < 1.29 is 4.74 Å². The molecule has 9 rings (SSSR count). The second-order valence-electron chi connectivity index (χ2n) is 11.5. The summed E-state index contributed by atoms with van der Waals surface area (Å²) in [6.45, 7) is 0. The van der Waals surface area contributed by atoms with E-state index in [-0.39, 0.29) is 6.04 Å². The fourth-order valence-electron chi connectivity index (χ4n) is 6.61. The molecule has 218 valence electrons. The second kappa shape index (κ2) is 10.8. The Kier molecular flexibility index (Phi) is 6.13. The molecular weight excluding hydrogens is 564 g/mol. The van der Waals surface area contributed by atoms with Crippen molar-refractivity contribution in [1.82, 2.24) is 14.9 Å². The maximum atomic E-state index is 6.54. The van der Waals surface area contributed by atoms with Gasteiger partial charge in [-0.15, -0.1) is 0 Å². The second-order valence-corrected chi connectivity index (χ2v) is 11.5. The molecule has 1 N–H and O–H groups in total. The van der Waals surface area contributed by atoms with E-state index in [0.717, 1.165) is 78.8 Å². The van der Waals surface area contributed by atoms with E-state index in [1.165, 1.54) is 0 Å². The van der Waals surface area contributed by atoms with Crippen LogP contribution in [0.5, 0.6) is 11.5 Å². The first kappa shape index (κ1) is 26.2. The lowest BCUT2D eigenvalue weighted by Gasteiger charge is -2.24. The van der Waals surface area contributed by atoms with Crippen molar-refractivity contribution in [3.8, 4) is 39.6 Å². The van der Waals surface area contributed by atoms with Crippen LogP contribution in [0.25, 0.3) is 44.8 Å². The average molecular weight is 593 g/mol. The zero-order valence-electron chi connectivity index (χ0n) is 24.8. The monoisotopic (exact) mass is 592 g/mol. The molecule has 0 fully saturated rings. The van der Waals surface area contributed by atoms with E-state index in [4.69, 9.17) is 14.7 Å². The van der Waals surface area contributed by atoms with Gasteiger partial charge in [-0.2, -0.15) is 0 Å². The summed E-state index contributed by atoms with van der Waals surface area (Å²) in [5.74, 6) is 2.50. The number of benzene rings is 5. The minimum absolute atomic E-state index is 0.198. The Labute approximate surface area is 266 Å². The molecule has 0 saturated heterocycles.